The van der Waals surface area contributed by atoms with Crippen LogP contribution >= 0.6 is 0 Å². The van der Waals surface area contributed by atoms with Gasteiger partial charge in [-0.2, -0.15) is 5.10 Å². The molecule has 1 unspecified atom stereocenters. The van der Waals surface area contributed by atoms with Gasteiger partial charge in [-0.05, 0) is 38.5 Å². The molecule has 0 aliphatic carbocycles. The summed E-state index contributed by atoms with van der Waals surface area (Å²) < 4.78 is 1.74. The first-order chi connectivity index (χ1) is 11.4. The molecule has 0 bridgehead atoms. The van der Waals surface area contributed by atoms with Crippen molar-refractivity contribution < 1.29 is 9.59 Å². The van der Waals surface area contributed by atoms with E-state index in [1.807, 2.05) is 33.8 Å². The Morgan fingerprint density at radius 1 is 1.29 bits per heavy atom. The summed E-state index contributed by atoms with van der Waals surface area (Å²) in [5, 5.41) is 9.69. The summed E-state index contributed by atoms with van der Waals surface area (Å²) in [5.74, 6) is 0.182. The van der Waals surface area contributed by atoms with Crippen LogP contribution in [0.1, 0.15) is 31.7 Å². The van der Waals surface area contributed by atoms with E-state index in [1.165, 1.54) is 0 Å². The molecule has 2 heterocycles. The molecule has 1 atom stereocenters. The molecule has 2 N–H and O–H groups in total. The molecule has 128 valence electrons. The van der Waals surface area contributed by atoms with Crippen LogP contribution in [-0.2, 0) is 9.59 Å². The number of carbonyl (C=O) groups is 2. The fourth-order valence-electron chi connectivity index (χ4n) is 2.18. The van der Waals surface area contributed by atoms with Crippen molar-refractivity contribution in [2.75, 3.05) is 11.9 Å². The van der Waals surface area contributed by atoms with Gasteiger partial charge in [-0.1, -0.05) is 13.8 Å². The molecule has 0 aliphatic rings. The molecule has 2 amide bonds. The Bertz CT molecular complexity index is 721. The molecule has 0 radical (unpaired) electrons. The molecule has 0 fully saturated rings. The predicted octanol–water partition coefficient (Wildman–Crippen LogP) is 1.98. The van der Waals surface area contributed by atoms with Gasteiger partial charge >= 0.3 is 0 Å². The molecule has 7 heteroatoms. The topological polar surface area (TPSA) is 88.9 Å². The van der Waals surface area contributed by atoms with E-state index in [0.717, 1.165) is 17.8 Å². The van der Waals surface area contributed by atoms with Crippen LogP contribution in [0.4, 0.5) is 5.69 Å². The van der Waals surface area contributed by atoms with Gasteiger partial charge in [0.25, 0.3) is 0 Å². The number of nitrogens with one attached hydrogen (secondary N) is 2. The first-order valence-electron chi connectivity index (χ1n) is 7.98. The number of rotatable bonds is 6. The molecule has 0 aliphatic heterocycles. The summed E-state index contributed by atoms with van der Waals surface area (Å²) >= 11 is 0. The fourth-order valence-corrected chi connectivity index (χ4v) is 2.18. The Morgan fingerprint density at radius 2 is 2.04 bits per heavy atom. The second-order valence-electron chi connectivity index (χ2n) is 5.82. The van der Waals surface area contributed by atoms with E-state index in [0.29, 0.717) is 11.5 Å². The van der Waals surface area contributed by atoms with Gasteiger partial charge < -0.3 is 10.6 Å². The SMILES string of the molecule is CCC(C)C(=O)NCC(=O)Nc1ccc(-n2nc(C)cc2C)nc1. The third-order valence-corrected chi connectivity index (χ3v) is 3.74. The van der Waals surface area contributed by atoms with Crippen molar-refractivity contribution in [2.24, 2.45) is 5.92 Å². The summed E-state index contributed by atoms with van der Waals surface area (Å²) in [4.78, 5) is 27.8. The second-order valence-corrected chi connectivity index (χ2v) is 5.82. The van der Waals surface area contributed by atoms with E-state index in [1.54, 1.807) is 23.0 Å². The van der Waals surface area contributed by atoms with Gasteiger partial charge in [0.05, 0.1) is 24.1 Å². The van der Waals surface area contributed by atoms with E-state index in [4.69, 9.17) is 0 Å². The Kier molecular flexibility index (Phi) is 5.68. The van der Waals surface area contributed by atoms with Crippen LogP contribution in [0.15, 0.2) is 24.4 Å². The number of amides is 2. The van der Waals surface area contributed by atoms with E-state index in [-0.39, 0.29) is 24.3 Å². The van der Waals surface area contributed by atoms with E-state index < -0.39 is 0 Å². The summed E-state index contributed by atoms with van der Waals surface area (Å²) in [7, 11) is 0. The normalized spacial score (nSPS) is 11.8. The molecule has 24 heavy (non-hydrogen) atoms. The van der Waals surface area contributed by atoms with Crippen LogP contribution in [0.25, 0.3) is 5.82 Å². The van der Waals surface area contributed by atoms with Crippen molar-refractivity contribution >= 4 is 17.5 Å². The van der Waals surface area contributed by atoms with Gasteiger partial charge in [0.15, 0.2) is 5.82 Å². The number of pyridine rings is 1. The minimum Gasteiger partial charge on any atom is -0.347 e. The number of hydrogen-bond donors (Lipinski definition) is 2. The standard InChI is InChI=1S/C17H23N5O2/c1-5-11(2)17(24)19-10-16(23)20-14-6-7-15(18-9-14)22-13(4)8-12(3)21-22/h6-9,11H,5,10H2,1-4H3,(H,19,24)(H,20,23). The molecule has 7 nitrogen and oxygen atoms in total. The monoisotopic (exact) mass is 329 g/mol. The van der Waals surface area contributed by atoms with Crippen molar-refractivity contribution in [3.05, 3.63) is 35.8 Å². The zero-order valence-electron chi connectivity index (χ0n) is 14.5. The van der Waals surface area contributed by atoms with Crippen molar-refractivity contribution in [3.8, 4) is 5.82 Å². The quantitative estimate of drug-likeness (QED) is 0.848. The zero-order valence-corrected chi connectivity index (χ0v) is 14.5. The molecule has 0 saturated heterocycles. The van der Waals surface area contributed by atoms with Crippen molar-refractivity contribution in [2.45, 2.75) is 34.1 Å². The maximum atomic E-state index is 11.9. The molecule has 2 aromatic rings. The molecule has 0 spiro atoms. The molecular formula is C17H23N5O2. The number of carbonyl (C=O) groups excluding carboxylic acids is 2. The Hall–Kier alpha value is -2.70. The lowest BCUT2D eigenvalue weighted by atomic mass is 10.1. The largest absolute Gasteiger partial charge is 0.347 e. The number of aryl methyl sites for hydroxylation is 2. The Morgan fingerprint density at radius 3 is 2.58 bits per heavy atom. The summed E-state index contributed by atoms with van der Waals surface area (Å²) in [5.41, 5.74) is 2.48. The number of anilines is 1. The molecule has 0 saturated carbocycles. The highest BCUT2D eigenvalue weighted by molar-refractivity contribution is 5.94. The van der Waals surface area contributed by atoms with E-state index in [2.05, 4.69) is 20.7 Å². The summed E-state index contributed by atoms with van der Waals surface area (Å²) in [6, 6.07) is 5.51. The van der Waals surface area contributed by atoms with Crippen molar-refractivity contribution in [3.63, 3.8) is 0 Å². The lowest BCUT2D eigenvalue weighted by molar-refractivity contribution is -0.126. The maximum Gasteiger partial charge on any atom is 0.243 e. The van der Waals surface area contributed by atoms with E-state index >= 15 is 0 Å². The van der Waals surface area contributed by atoms with Gasteiger partial charge in [0, 0.05) is 11.6 Å². The minimum absolute atomic E-state index is 0.0532. The molecule has 0 aromatic carbocycles. The average Bonchev–Trinajstić information content (AvgIpc) is 2.91. The first kappa shape index (κ1) is 17.7. The molecule has 2 aromatic heterocycles. The van der Waals surface area contributed by atoms with Gasteiger partial charge in [-0.25, -0.2) is 9.67 Å². The smallest absolute Gasteiger partial charge is 0.243 e. The van der Waals surface area contributed by atoms with Crippen molar-refractivity contribution in [1.29, 1.82) is 0 Å². The number of hydrogen-bond acceptors (Lipinski definition) is 4. The first-order valence-corrected chi connectivity index (χ1v) is 7.98. The number of nitrogens with zero attached hydrogens (tertiary/aromatic N) is 3. The highest BCUT2D eigenvalue weighted by Gasteiger charge is 2.12. The van der Waals surface area contributed by atoms with E-state index in [9.17, 15) is 9.59 Å². The predicted molar refractivity (Wildman–Crippen MR) is 91.9 cm³/mol. The third kappa shape index (κ3) is 4.41. The van der Waals surface area contributed by atoms with Crippen LogP contribution in [0, 0.1) is 19.8 Å². The molecular weight excluding hydrogens is 306 g/mol. The lowest BCUT2D eigenvalue weighted by Crippen LogP contribution is -2.35. The summed E-state index contributed by atoms with van der Waals surface area (Å²) in [6.45, 7) is 7.58. The van der Waals surface area contributed by atoms with Crippen LogP contribution in [-0.4, -0.2) is 33.1 Å². The van der Waals surface area contributed by atoms with Gasteiger partial charge in [-0.15, -0.1) is 0 Å². The van der Waals surface area contributed by atoms with Crippen molar-refractivity contribution in [1.82, 2.24) is 20.1 Å². The Balaban J connectivity index is 1.93. The van der Waals surface area contributed by atoms with Gasteiger partial charge in [0.1, 0.15) is 0 Å². The Labute approximate surface area is 141 Å². The average molecular weight is 329 g/mol. The van der Waals surface area contributed by atoms with Gasteiger partial charge in [0.2, 0.25) is 11.8 Å². The van der Waals surface area contributed by atoms with Crippen LogP contribution in [0.2, 0.25) is 0 Å². The summed E-state index contributed by atoms with van der Waals surface area (Å²) in [6.07, 6.45) is 2.31. The van der Waals surface area contributed by atoms with Crippen LogP contribution < -0.4 is 10.6 Å². The highest BCUT2D eigenvalue weighted by Crippen LogP contribution is 2.12. The lowest BCUT2D eigenvalue weighted by Gasteiger charge is -2.10. The minimum atomic E-state index is -0.285. The fraction of sp³-hybridized carbons (Fsp3) is 0.412. The van der Waals surface area contributed by atoms with Crippen LogP contribution in [0.5, 0.6) is 0 Å². The molecule has 2 rings (SSSR count). The third-order valence-electron chi connectivity index (χ3n) is 3.74. The highest BCUT2D eigenvalue weighted by atomic mass is 16.2. The number of aromatic nitrogens is 3. The maximum absolute atomic E-state index is 11.9. The van der Waals surface area contributed by atoms with Gasteiger partial charge in [-0.3, -0.25) is 9.59 Å². The van der Waals surface area contributed by atoms with Crippen LogP contribution in [0.3, 0.4) is 0 Å². The second kappa shape index (κ2) is 7.72. The zero-order chi connectivity index (χ0) is 17.7.